The summed E-state index contributed by atoms with van der Waals surface area (Å²) in [4.78, 5) is 34.1. The number of nitrogens with one attached hydrogen (secondary N) is 3. The zero-order chi connectivity index (χ0) is 32.0. The summed E-state index contributed by atoms with van der Waals surface area (Å²) in [7, 11) is 0. The van der Waals surface area contributed by atoms with Crippen molar-refractivity contribution in [2.24, 2.45) is 11.8 Å². The van der Waals surface area contributed by atoms with Gasteiger partial charge in [0.25, 0.3) is 0 Å². The molecule has 1 saturated heterocycles. The van der Waals surface area contributed by atoms with Crippen LogP contribution < -0.4 is 25.6 Å². The number of hydrogen-bond donors (Lipinski definition) is 3. The van der Waals surface area contributed by atoms with Crippen LogP contribution in [0.4, 0.5) is 36.3 Å². The third-order valence-corrected chi connectivity index (χ3v) is 8.59. The van der Waals surface area contributed by atoms with Crippen molar-refractivity contribution in [1.82, 2.24) is 20.6 Å². The van der Waals surface area contributed by atoms with Crippen LogP contribution >= 0.6 is 0 Å². The van der Waals surface area contributed by atoms with E-state index in [0.717, 1.165) is 51.4 Å². The molecule has 2 heterocycles. The van der Waals surface area contributed by atoms with Gasteiger partial charge in [0, 0.05) is 37.8 Å². The van der Waals surface area contributed by atoms with Crippen LogP contribution in [0.5, 0.6) is 5.75 Å². The first-order chi connectivity index (χ1) is 21.5. The molecule has 0 bridgehead atoms. The Morgan fingerprint density at radius 1 is 1.13 bits per heavy atom. The number of halogens is 3. The standard InChI is InChI=1S/C31H36F3N7O4/c1-21(42)39-30(15-16-35-20-30)24-13-11-22(12-14-24)19-40(25-8-3-2-4-9-25)28-26(41(43)44)18-37-29(38-28)36-17-23-7-5-6-10-27(23)45-31(32,33)34/h2-10,18,22,24,35H,11-17,19-20H2,1H3,(H,39,42)(H,36,37,38)/t22-,24-,30-/m1/s1. The molecule has 11 nitrogen and oxygen atoms in total. The quantitative estimate of drug-likeness (QED) is 0.181. The third kappa shape index (κ3) is 7.98. The molecule has 1 amide bonds. The van der Waals surface area contributed by atoms with E-state index in [0.29, 0.717) is 18.2 Å². The summed E-state index contributed by atoms with van der Waals surface area (Å²) in [5.74, 6) is 0.227. The first-order valence-electron chi connectivity index (χ1n) is 14.9. The summed E-state index contributed by atoms with van der Waals surface area (Å²) < 4.78 is 42.9. The minimum Gasteiger partial charge on any atom is -0.405 e. The Labute approximate surface area is 258 Å². The highest BCUT2D eigenvalue weighted by atomic mass is 19.4. The molecule has 1 aromatic heterocycles. The van der Waals surface area contributed by atoms with Crippen LogP contribution in [0.1, 0.15) is 44.6 Å². The maximum atomic E-state index is 12.9. The zero-order valence-electron chi connectivity index (χ0n) is 24.8. The number of hydrogen-bond acceptors (Lipinski definition) is 9. The number of carbonyl (C=O) groups is 1. The largest absolute Gasteiger partial charge is 0.573 e. The Kier molecular flexibility index (Phi) is 9.71. The van der Waals surface area contributed by atoms with E-state index in [1.165, 1.54) is 18.2 Å². The molecule has 0 spiro atoms. The van der Waals surface area contributed by atoms with Crippen molar-refractivity contribution in [1.29, 1.82) is 0 Å². The van der Waals surface area contributed by atoms with Gasteiger partial charge in [-0.2, -0.15) is 4.98 Å². The number of nitrogens with zero attached hydrogens (tertiary/aromatic N) is 4. The van der Waals surface area contributed by atoms with Gasteiger partial charge in [0.1, 0.15) is 11.9 Å². The first kappa shape index (κ1) is 31.9. The molecule has 3 aromatic rings. The van der Waals surface area contributed by atoms with Crippen LogP contribution in [0.3, 0.4) is 0 Å². The number of carbonyl (C=O) groups excluding carboxylic acids is 1. The average Bonchev–Trinajstić information content (AvgIpc) is 3.48. The molecule has 5 rings (SSSR count). The van der Waals surface area contributed by atoms with Crippen LogP contribution in [0.2, 0.25) is 0 Å². The Morgan fingerprint density at radius 3 is 2.49 bits per heavy atom. The van der Waals surface area contributed by atoms with Gasteiger partial charge in [-0.3, -0.25) is 14.9 Å². The molecule has 2 fully saturated rings. The first-order valence-corrected chi connectivity index (χ1v) is 14.9. The normalized spacial score (nSPS) is 21.6. The Bertz CT molecular complexity index is 1480. The van der Waals surface area contributed by atoms with E-state index in [2.05, 4.69) is 30.7 Å². The highest BCUT2D eigenvalue weighted by Gasteiger charge is 2.43. The van der Waals surface area contributed by atoms with Gasteiger partial charge in [0.05, 0.1) is 10.5 Å². The van der Waals surface area contributed by atoms with Crippen LogP contribution in [0.25, 0.3) is 0 Å². The molecule has 1 aliphatic carbocycles. The van der Waals surface area contributed by atoms with Gasteiger partial charge in [-0.15, -0.1) is 13.2 Å². The molecular formula is C31H36F3N7O4. The minimum atomic E-state index is -4.86. The highest BCUT2D eigenvalue weighted by molar-refractivity contribution is 5.74. The lowest BCUT2D eigenvalue weighted by Gasteiger charge is -2.42. The molecule has 1 aliphatic heterocycles. The molecule has 240 valence electrons. The number of anilines is 3. The van der Waals surface area contributed by atoms with E-state index >= 15 is 0 Å². The monoisotopic (exact) mass is 627 g/mol. The second kappa shape index (κ2) is 13.7. The summed E-state index contributed by atoms with van der Waals surface area (Å²) in [6.07, 6.45) is 0.694. The van der Waals surface area contributed by atoms with Crippen LogP contribution in [-0.2, 0) is 11.3 Å². The summed E-state index contributed by atoms with van der Waals surface area (Å²) in [6.45, 7) is 3.51. The van der Waals surface area contributed by atoms with Crippen molar-refractivity contribution in [3.63, 3.8) is 0 Å². The van der Waals surface area contributed by atoms with E-state index in [9.17, 15) is 28.1 Å². The smallest absolute Gasteiger partial charge is 0.405 e. The molecular weight excluding hydrogens is 591 g/mol. The van der Waals surface area contributed by atoms with Gasteiger partial charge >= 0.3 is 12.0 Å². The lowest BCUT2D eigenvalue weighted by atomic mass is 9.71. The van der Waals surface area contributed by atoms with Crippen molar-refractivity contribution in [3.8, 4) is 5.75 Å². The fourth-order valence-corrected chi connectivity index (χ4v) is 6.52. The summed E-state index contributed by atoms with van der Waals surface area (Å²) in [6, 6.07) is 14.9. The molecule has 14 heteroatoms. The maximum absolute atomic E-state index is 12.9. The van der Waals surface area contributed by atoms with Crippen molar-refractivity contribution in [2.75, 3.05) is 29.9 Å². The maximum Gasteiger partial charge on any atom is 0.573 e. The zero-order valence-corrected chi connectivity index (χ0v) is 24.8. The Morgan fingerprint density at radius 2 is 1.84 bits per heavy atom. The molecule has 0 radical (unpaired) electrons. The van der Waals surface area contributed by atoms with Crippen LogP contribution in [-0.4, -0.2) is 52.3 Å². The van der Waals surface area contributed by atoms with Gasteiger partial charge in [0.15, 0.2) is 0 Å². The molecule has 1 atom stereocenters. The lowest BCUT2D eigenvalue weighted by Crippen LogP contribution is -2.55. The van der Waals surface area contributed by atoms with Crippen LogP contribution in [0.15, 0.2) is 60.8 Å². The molecule has 2 aliphatic rings. The van der Waals surface area contributed by atoms with E-state index in [4.69, 9.17) is 0 Å². The highest BCUT2D eigenvalue weighted by Crippen LogP contribution is 2.41. The second-order valence-corrected chi connectivity index (χ2v) is 11.6. The molecule has 2 aromatic carbocycles. The predicted octanol–water partition coefficient (Wildman–Crippen LogP) is 5.71. The van der Waals surface area contributed by atoms with Gasteiger partial charge in [-0.1, -0.05) is 36.4 Å². The number of nitro groups is 1. The lowest BCUT2D eigenvalue weighted by molar-refractivity contribution is -0.384. The summed E-state index contributed by atoms with van der Waals surface area (Å²) in [5.41, 5.74) is 0.377. The number of ether oxygens (including phenoxy) is 1. The van der Waals surface area contributed by atoms with E-state index in [-0.39, 0.29) is 52.7 Å². The number of para-hydroxylation sites is 2. The molecule has 1 saturated carbocycles. The Balaban J connectivity index is 1.37. The third-order valence-electron chi connectivity index (χ3n) is 8.59. The minimum absolute atomic E-state index is 0.0213. The van der Waals surface area contributed by atoms with Crippen LogP contribution in [0, 0.1) is 22.0 Å². The second-order valence-electron chi connectivity index (χ2n) is 11.6. The number of amides is 1. The fourth-order valence-electron chi connectivity index (χ4n) is 6.52. The number of alkyl halides is 3. The van der Waals surface area contributed by atoms with Gasteiger partial charge < -0.3 is 25.6 Å². The van der Waals surface area contributed by atoms with Crippen molar-refractivity contribution < 1.29 is 27.6 Å². The van der Waals surface area contributed by atoms with Gasteiger partial charge in [-0.25, -0.2) is 4.98 Å². The SMILES string of the molecule is CC(=O)N[C@]1([C@H]2CC[C@H](CN(c3ccccc3)c3nc(NCc4ccccc4OC(F)(F)F)ncc3[N+](=O)[O-])CC2)CCNC1. The molecule has 0 unspecified atom stereocenters. The fraction of sp³-hybridized carbons (Fsp3) is 0.452. The van der Waals surface area contributed by atoms with Gasteiger partial charge in [-0.05, 0) is 68.7 Å². The topological polar surface area (TPSA) is 135 Å². The molecule has 45 heavy (non-hydrogen) atoms. The van der Waals surface area contributed by atoms with Crippen molar-refractivity contribution in [2.45, 2.75) is 57.5 Å². The summed E-state index contributed by atoms with van der Waals surface area (Å²) >= 11 is 0. The van der Waals surface area contributed by atoms with E-state index in [1.54, 1.807) is 13.0 Å². The van der Waals surface area contributed by atoms with E-state index < -0.39 is 11.3 Å². The summed E-state index contributed by atoms with van der Waals surface area (Å²) in [5, 5.41) is 21.7. The predicted molar refractivity (Wildman–Crippen MR) is 162 cm³/mol. The van der Waals surface area contributed by atoms with Crippen molar-refractivity contribution in [3.05, 3.63) is 76.5 Å². The number of aromatic nitrogens is 2. The molecule has 3 N–H and O–H groups in total. The van der Waals surface area contributed by atoms with Crippen molar-refractivity contribution >= 4 is 29.0 Å². The number of benzene rings is 2. The average molecular weight is 628 g/mol. The number of rotatable bonds is 11. The van der Waals surface area contributed by atoms with Gasteiger partial charge in [0.2, 0.25) is 17.7 Å². The van der Waals surface area contributed by atoms with E-state index in [1.807, 2.05) is 35.2 Å². The Hall–Kier alpha value is -4.46.